The minimum atomic E-state index is -0.784. The van der Waals surface area contributed by atoms with Crippen molar-refractivity contribution in [3.63, 3.8) is 0 Å². The van der Waals surface area contributed by atoms with Gasteiger partial charge in [0.15, 0.2) is 6.61 Å². The lowest BCUT2D eigenvalue weighted by atomic mass is 10.1. The molecule has 0 heterocycles. The topological polar surface area (TPSA) is 122 Å². The van der Waals surface area contributed by atoms with Crippen molar-refractivity contribution < 1.29 is 19.1 Å². The lowest BCUT2D eigenvalue weighted by molar-refractivity contribution is -0.145. The number of nitriles is 1. The number of benzene rings is 1. The van der Waals surface area contributed by atoms with Crippen LogP contribution in [0.4, 0.5) is 0 Å². The first-order chi connectivity index (χ1) is 11.2. The third-order valence-electron chi connectivity index (χ3n) is 3.03. The molecule has 0 radical (unpaired) electrons. The Morgan fingerprint density at radius 3 is 2.29 bits per heavy atom. The van der Waals surface area contributed by atoms with E-state index in [1.165, 1.54) is 6.92 Å². The van der Waals surface area contributed by atoms with Gasteiger partial charge in [-0.05, 0) is 32.9 Å². The van der Waals surface area contributed by atoms with Crippen molar-refractivity contribution >= 4 is 17.7 Å². The third kappa shape index (κ3) is 5.57. The molecule has 0 fully saturated rings. The van der Waals surface area contributed by atoms with Gasteiger partial charge in [0.05, 0.1) is 0 Å². The Morgan fingerprint density at radius 2 is 1.79 bits per heavy atom. The van der Waals surface area contributed by atoms with E-state index in [9.17, 15) is 14.4 Å². The van der Waals surface area contributed by atoms with E-state index < -0.39 is 24.3 Å². The first kappa shape index (κ1) is 18.9. The molecule has 24 heavy (non-hydrogen) atoms. The van der Waals surface area contributed by atoms with E-state index in [0.717, 1.165) is 11.1 Å². The predicted molar refractivity (Wildman–Crippen MR) is 86.7 cm³/mol. The van der Waals surface area contributed by atoms with E-state index >= 15 is 0 Å². The van der Waals surface area contributed by atoms with Gasteiger partial charge in [0.25, 0.3) is 5.91 Å². The van der Waals surface area contributed by atoms with Gasteiger partial charge in [-0.25, -0.2) is 0 Å². The average molecular weight is 329 g/mol. The summed E-state index contributed by atoms with van der Waals surface area (Å²) in [4.78, 5) is 35.2. The number of nitrogens with two attached hydrogens (primary N) is 1. The molecule has 7 nitrogen and oxygen atoms in total. The van der Waals surface area contributed by atoms with Crippen molar-refractivity contribution in [3.8, 4) is 6.07 Å². The molecule has 0 bridgehead atoms. The maximum Gasteiger partial charge on any atom is 0.325 e. The van der Waals surface area contributed by atoms with Crippen LogP contribution in [-0.4, -0.2) is 30.8 Å². The zero-order chi connectivity index (χ0) is 18.3. The molecule has 0 saturated heterocycles. The fourth-order valence-electron chi connectivity index (χ4n) is 2.00. The second-order valence-electron chi connectivity index (χ2n) is 5.31. The number of ketones is 1. The van der Waals surface area contributed by atoms with E-state index in [4.69, 9.17) is 15.7 Å². The number of hydrogen-bond acceptors (Lipinski definition) is 6. The first-order valence-corrected chi connectivity index (χ1v) is 7.16. The summed E-state index contributed by atoms with van der Waals surface area (Å²) < 4.78 is 4.73. The van der Waals surface area contributed by atoms with E-state index in [1.54, 1.807) is 18.2 Å². The van der Waals surface area contributed by atoms with Crippen LogP contribution >= 0.6 is 0 Å². The molecule has 0 atom stereocenters. The third-order valence-corrected chi connectivity index (χ3v) is 3.03. The number of esters is 1. The van der Waals surface area contributed by atoms with Crippen LogP contribution in [0.15, 0.2) is 29.5 Å². The number of amides is 1. The van der Waals surface area contributed by atoms with Gasteiger partial charge in [-0.1, -0.05) is 17.2 Å². The van der Waals surface area contributed by atoms with Gasteiger partial charge < -0.3 is 15.8 Å². The molecule has 126 valence electrons. The summed E-state index contributed by atoms with van der Waals surface area (Å²) in [5.41, 5.74) is 7.49. The van der Waals surface area contributed by atoms with Crippen LogP contribution in [0.2, 0.25) is 0 Å². The van der Waals surface area contributed by atoms with Crippen LogP contribution in [0.5, 0.6) is 0 Å². The number of Topliss-reactive ketones (excluding diaryl/α,β-unsaturated/α-hetero) is 1. The number of carbonyl (C=O) groups excluding carboxylic acids is 3. The van der Waals surface area contributed by atoms with Crippen LogP contribution in [0.1, 0.15) is 28.4 Å². The van der Waals surface area contributed by atoms with Crippen LogP contribution in [0, 0.1) is 25.2 Å². The number of ether oxygens (including phenoxy) is 1. The molecule has 0 aliphatic heterocycles. The van der Waals surface area contributed by atoms with Crippen LogP contribution in [-0.2, 0) is 14.3 Å². The molecule has 0 aliphatic rings. The number of allylic oxidation sites excluding steroid dienone is 1. The zero-order valence-electron chi connectivity index (χ0n) is 13.8. The highest BCUT2D eigenvalue weighted by molar-refractivity contribution is 6.01. The highest BCUT2D eigenvalue weighted by Crippen LogP contribution is 2.08. The molecule has 0 aliphatic carbocycles. The molecule has 1 amide bonds. The van der Waals surface area contributed by atoms with Gasteiger partial charge in [0.2, 0.25) is 5.78 Å². The maximum absolute atomic E-state index is 12.0. The fraction of sp³-hybridized carbons (Fsp3) is 0.294. The number of nitrogens with one attached hydrogen (secondary N) is 1. The monoisotopic (exact) mass is 329 g/mol. The van der Waals surface area contributed by atoms with E-state index in [-0.39, 0.29) is 17.8 Å². The fourth-order valence-corrected chi connectivity index (χ4v) is 2.00. The number of carbonyl (C=O) groups is 3. The quantitative estimate of drug-likeness (QED) is 0.454. The molecule has 0 spiro atoms. The maximum atomic E-state index is 12.0. The van der Waals surface area contributed by atoms with Crippen molar-refractivity contribution in [2.75, 3.05) is 13.2 Å². The Hall–Kier alpha value is -3.14. The number of nitrogens with zero attached hydrogens (tertiary/aromatic N) is 1. The summed E-state index contributed by atoms with van der Waals surface area (Å²) in [7, 11) is 0. The summed E-state index contributed by atoms with van der Waals surface area (Å²) in [5, 5.41) is 11.2. The predicted octanol–water partition coefficient (Wildman–Crippen LogP) is 0.902. The molecule has 1 aromatic carbocycles. The molecule has 7 heteroatoms. The lowest BCUT2D eigenvalue weighted by Gasteiger charge is -2.07. The molecular formula is C17H19N3O4. The largest absolute Gasteiger partial charge is 0.456 e. The molecular weight excluding hydrogens is 310 g/mol. The minimum absolute atomic E-state index is 0.0571. The van der Waals surface area contributed by atoms with Gasteiger partial charge in [0, 0.05) is 11.3 Å². The number of rotatable bonds is 6. The van der Waals surface area contributed by atoms with Crippen molar-refractivity contribution in [2.45, 2.75) is 20.8 Å². The van der Waals surface area contributed by atoms with Crippen molar-refractivity contribution in [1.82, 2.24) is 5.32 Å². The highest BCUT2D eigenvalue weighted by atomic mass is 16.5. The van der Waals surface area contributed by atoms with Crippen molar-refractivity contribution in [2.24, 2.45) is 5.73 Å². The average Bonchev–Trinajstić information content (AvgIpc) is 2.49. The molecule has 0 aromatic heterocycles. The van der Waals surface area contributed by atoms with Gasteiger partial charge >= 0.3 is 5.97 Å². The summed E-state index contributed by atoms with van der Waals surface area (Å²) in [6.07, 6.45) is 0. The Labute approximate surface area is 140 Å². The SMILES string of the molecule is CC(N)=C(C#N)C(=O)COC(=O)CNC(=O)c1cc(C)cc(C)c1. The van der Waals surface area contributed by atoms with E-state index in [1.807, 2.05) is 19.9 Å². The van der Waals surface area contributed by atoms with Crippen LogP contribution in [0.3, 0.4) is 0 Å². The summed E-state index contributed by atoms with van der Waals surface area (Å²) >= 11 is 0. The number of hydrogen-bond donors (Lipinski definition) is 2. The highest BCUT2D eigenvalue weighted by Gasteiger charge is 2.15. The second kappa shape index (κ2) is 8.48. The van der Waals surface area contributed by atoms with Crippen molar-refractivity contribution in [3.05, 3.63) is 46.2 Å². The Bertz CT molecular complexity index is 720. The molecule has 0 unspecified atom stereocenters. The molecule has 3 N–H and O–H groups in total. The molecule has 0 saturated carbocycles. The van der Waals surface area contributed by atoms with Crippen LogP contribution < -0.4 is 11.1 Å². The first-order valence-electron chi connectivity index (χ1n) is 7.16. The standard InChI is InChI=1S/C17H19N3O4/c1-10-4-11(2)6-13(5-10)17(23)20-8-16(22)24-9-15(21)14(7-18)12(3)19/h4-6H,8-9,19H2,1-3H3,(H,20,23). The molecule has 1 rings (SSSR count). The number of aryl methyl sites for hydroxylation is 2. The van der Waals surface area contributed by atoms with Crippen molar-refractivity contribution in [1.29, 1.82) is 5.26 Å². The minimum Gasteiger partial charge on any atom is -0.456 e. The van der Waals surface area contributed by atoms with Gasteiger partial charge in [-0.15, -0.1) is 0 Å². The lowest BCUT2D eigenvalue weighted by Crippen LogP contribution is -2.31. The second-order valence-corrected chi connectivity index (χ2v) is 5.31. The zero-order valence-corrected chi connectivity index (χ0v) is 13.8. The molecule has 1 aromatic rings. The summed E-state index contributed by atoms with van der Waals surface area (Å²) in [6.45, 7) is 4.15. The van der Waals surface area contributed by atoms with Crippen LogP contribution in [0.25, 0.3) is 0 Å². The summed E-state index contributed by atoms with van der Waals surface area (Å²) in [5.74, 6) is -1.89. The van der Waals surface area contributed by atoms with E-state index in [2.05, 4.69) is 5.32 Å². The van der Waals surface area contributed by atoms with Gasteiger partial charge in [0.1, 0.15) is 18.2 Å². The normalized spacial score (nSPS) is 11.1. The van der Waals surface area contributed by atoms with Gasteiger partial charge in [-0.3, -0.25) is 14.4 Å². The summed E-state index contributed by atoms with van der Waals surface area (Å²) in [6, 6.07) is 6.98. The van der Waals surface area contributed by atoms with Gasteiger partial charge in [-0.2, -0.15) is 5.26 Å². The smallest absolute Gasteiger partial charge is 0.325 e. The Balaban J connectivity index is 2.52. The Morgan fingerprint density at radius 1 is 1.21 bits per heavy atom. The Kier molecular flexibility index (Phi) is 6.68. The van der Waals surface area contributed by atoms with E-state index in [0.29, 0.717) is 5.56 Å².